The Kier molecular flexibility index (Phi) is 6.97. The molecule has 0 fully saturated rings. The summed E-state index contributed by atoms with van der Waals surface area (Å²) in [6, 6.07) is 7.06. The van der Waals surface area contributed by atoms with Gasteiger partial charge in [0.05, 0.1) is 33.5 Å². The van der Waals surface area contributed by atoms with E-state index in [1.54, 1.807) is 45.7 Å². The number of rotatable bonds is 10. The molecule has 9 nitrogen and oxygen atoms in total. The molecule has 0 aliphatic carbocycles. The fraction of sp³-hybridized carbons (Fsp3) is 0.333. The van der Waals surface area contributed by atoms with Gasteiger partial charge in [-0.25, -0.2) is 4.98 Å². The van der Waals surface area contributed by atoms with E-state index in [2.05, 4.69) is 15.3 Å². The van der Waals surface area contributed by atoms with Gasteiger partial charge in [-0.15, -0.1) is 0 Å². The first kappa shape index (κ1) is 21.3. The molecule has 3 aromatic rings. The molecule has 30 heavy (non-hydrogen) atoms. The largest absolute Gasteiger partial charge is 0.496 e. The quantitative estimate of drug-likeness (QED) is 0.491. The van der Waals surface area contributed by atoms with Gasteiger partial charge < -0.3 is 34.0 Å². The molecule has 0 aliphatic heterocycles. The number of carbonyl (C=O) groups excluding carboxylic acids is 1. The number of hydrogen-bond acceptors (Lipinski definition) is 7. The molecule has 0 aliphatic rings. The van der Waals surface area contributed by atoms with Crippen molar-refractivity contribution < 1.29 is 28.5 Å². The number of aromatic amines is 1. The number of ether oxygens (including phenoxy) is 5. The highest BCUT2D eigenvalue weighted by Gasteiger charge is 2.19. The molecule has 2 N–H and O–H groups in total. The number of pyridine rings is 1. The Hall–Kier alpha value is -3.46. The zero-order valence-corrected chi connectivity index (χ0v) is 17.4. The van der Waals surface area contributed by atoms with E-state index in [4.69, 9.17) is 23.7 Å². The van der Waals surface area contributed by atoms with Crippen LogP contribution in [0.2, 0.25) is 0 Å². The lowest BCUT2D eigenvalue weighted by molar-refractivity contribution is 0.0946. The van der Waals surface area contributed by atoms with Crippen LogP contribution < -0.4 is 24.3 Å². The predicted molar refractivity (Wildman–Crippen MR) is 111 cm³/mol. The van der Waals surface area contributed by atoms with Crippen LogP contribution in [-0.4, -0.2) is 57.5 Å². The van der Waals surface area contributed by atoms with Crippen LogP contribution in [0.15, 0.2) is 30.5 Å². The van der Waals surface area contributed by atoms with E-state index in [9.17, 15) is 4.79 Å². The fourth-order valence-electron chi connectivity index (χ4n) is 3.04. The second-order valence-corrected chi connectivity index (χ2v) is 6.28. The molecule has 9 heteroatoms. The van der Waals surface area contributed by atoms with E-state index in [0.717, 1.165) is 5.56 Å². The molecule has 0 atom stereocenters. The normalized spacial score (nSPS) is 10.7. The highest BCUT2D eigenvalue weighted by molar-refractivity contribution is 6.02. The Morgan fingerprint density at radius 1 is 1.07 bits per heavy atom. The molecule has 0 spiro atoms. The lowest BCUT2D eigenvalue weighted by Crippen LogP contribution is -2.23. The molecular formula is C21H25N3O6. The first-order valence-electron chi connectivity index (χ1n) is 9.28. The van der Waals surface area contributed by atoms with Gasteiger partial charge in [-0.1, -0.05) is 6.07 Å². The predicted octanol–water partition coefficient (Wildman–Crippen LogP) is 2.54. The minimum atomic E-state index is -0.291. The zero-order chi connectivity index (χ0) is 21.5. The van der Waals surface area contributed by atoms with Crippen LogP contribution in [0, 0.1) is 0 Å². The van der Waals surface area contributed by atoms with Crippen molar-refractivity contribution in [3.8, 4) is 23.1 Å². The van der Waals surface area contributed by atoms with E-state index in [0.29, 0.717) is 52.9 Å². The van der Waals surface area contributed by atoms with Crippen LogP contribution >= 0.6 is 0 Å². The lowest BCUT2D eigenvalue weighted by atomic mass is 10.2. The summed E-state index contributed by atoms with van der Waals surface area (Å²) in [7, 11) is 6.24. The number of H-pyrrole nitrogens is 1. The number of amides is 1. The third kappa shape index (κ3) is 4.41. The van der Waals surface area contributed by atoms with Crippen molar-refractivity contribution in [3.05, 3.63) is 41.7 Å². The van der Waals surface area contributed by atoms with Crippen LogP contribution in [0.25, 0.3) is 10.9 Å². The smallest absolute Gasteiger partial charge is 0.268 e. The monoisotopic (exact) mass is 415 g/mol. The Morgan fingerprint density at radius 2 is 1.87 bits per heavy atom. The van der Waals surface area contributed by atoms with Crippen molar-refractivity contribution in [1.82, 2.24) is 15.3 Å². The molecule has 1 aromatic carbocycles. The maximum absolute atomic E-state index is 12.8. The maximum Gasteiger partial charge on any atom is 0.268 e. The van der Waals surface area contributed by atoms with Gasteiger partial charge in [0.1, 0.15) is 18.1 Å². The first-order chi connectivity index (χ1) is 14.6. The van der Waals surface area contributed by atoms with Crippen LogP contribution in [-0.2, 0) is 11.3 Å². The first-order valence-corrected chi connectivity index (χ1v) is 9.28. The Morgan fingerprint density at radius 3 is 2.57 bits per heavy atom. The minimum absolute atomic E-state index is 0.252. The third-order valence-corrected chi connectivity index (χ3v) is 4.50. The second kappa shape index (κ2) is 9.84. The van der Waals surface area contributed by atoms with Crippen molar-refractivity contribution in [2.45, 2.75) is 6.54 Å². The molecule has 1 amide bonds. The number of aromatic nitrogens is 2. The molecule has 2 aromatic heterocycles. The third-order valence-electron chi connectivity index (χ3n) is 4.50. The highest BCUT2D eigenvalue weighted by atomic mass is 16.5. The van der Waals surface area contributed by atoms with Crippen molar-refractivity contribution in [2.75, 3.05) is 41.7 Å². The zero-order valence-electron chi connectivity index (χ0n) is 17.4. The lowest BCUT2D eigenvalue weighted by Gasteiger charge is -2.11. The van der Waals surface area contributed by atoms with Gasteiger partial charge in [0.2, 0.25) is 5.88 Å². The fourth-order valence-corrected chi connectivity index (χ4v) is 3.04. The number of hydrogen-bond donors (Lipinski definition) is 2. The Bertz CT molecular complexity index is 1020. The summed E-state index contributed by atoms with van der Waals surface area (Å²) in [6.07, 6.45) is 1.64. The van der Waals surface area contributed by atoms with E-state index < -0.39 is 0 Å². The summed E-state index contributed by atoms with van der Waals surface area (Å²) < 4.78 is 26.8. The van der Waals surface area contributed by atoms with Crippen molar-refractivity contribution in [1.29, 1.82) is 0 Å². The number of nitrogens with zero attached hydrogens (tertiary/aromatic N) is 1. The molecule has 160 valence electrons. The van der Waals surface area contributed by atoms with Crippen LogP contribution in [0.3, 0.4) is 0 Å². The minimum Gasteiger partial charge on any atom is -0.496 e. The van der Waals surface area contributed by atoms with E-state index in [1.165, 1.54) is 7.11 Å². The summed E-state index contributed by atoms with van der Waals surface area (Å²) in [5, 5.41) is 3.59. The second-order valence-electron chi connectivity index (χ2n) is 6.28. The van der Waals surface area contributed by atoms with Crippen LogP contribution in [0.5, 0.6) is 23.1 Å². The Labute approximate surface area is 174 Å². The van der Waals surface area contributed by atoms with Crippen molar-refractivity contribution in [2.24, 2.45) is 0 Å². The Balaban J connectivity index is 1.81. The molecule has 0 saturated carbocycles. The summed E-state index contributed by atoms with van der Waals surface area (Å²) in [5.74, 6) is 1.73. The van der Waals surface area contributed by atoms with Gasteiger partial charge >= 0.3 is 0 Å². The highest BCUT2D eigenvalue weighted by Crippen LogP contribution is 2.41. The van der Waals surface area contributed by atoms with Crippen LogP contribution in [0.4, 0.5) is 0 Å². The SMILES string of the molecule is COCCOc1ncccc1CNC(=O)c1cc2c(OC)cc(OC)c(OC)c2[nH]1. The van der Waals surface area contributed by atoms with Gasteiger partial charge in [-0.05, 0) is 12.1 Å². The standard InChI is InChI=1S/C21H25N3O6/c1-26-8-9-30-21-13(6-5-7-22-21)12-23-20(25)15-10-14-16(27-2)11-17(28-3)19(29-4)18(14)24-15/h5-7,10-11,24H,8-9,12H2,1-4H3,(H,23,25). The van der Waals surface area contributed by atoms with E-state index >= 15 is 0 Å². The van der Waals surface area contributed by atoms with Gasteiger partial charge in [0.15, 0.2) is 11.5 Å². The van der Waals surface area contributed by atoms with E-state index in [1.807, 2.05) is 6.07 Å². The molecule has 3 rings (SSSR count). The topological polar surface area (TPSA) is 104 Å². The number of fused-ring (bicyclic) bond motifs is 1. The number of benzene rings is 1. The molecular weight excluding hydrogens is 390 g/mol. The molecule has 2 heterocycles. The van der Waals surface area contributed by atoms with Gasteiger partial charge in [-0.3, -0.25) is 4.79 Å². The van der Waals surface area contributed by atoms with Gasteiger partial charge in [-0.2, -0.15) is 0 Å². The summed E-state index contributed by atoms with van der Waals surface area (Å²) in [4.78, 5) is 20.1. The summed E-state index contributed by atoms with van der Waals surface area (Å²) >= 11 is 0. The van der Waals surface area contributed by atoms with Gasteiger partial charge in [0.25, 0.3) is 5.91 Å². The summed E-state index contributed by atoms with van der Waals surface area (Å²) in [6.45, 7) is 1.07. The molecule has 0 bridgehead atoms. The van der Waals surface area contributed by atoms with Crippen molar-refractivity contribution >= 4 is 16.8 Å². The molecule has 0 saturated heterocycles. The molecule has 0 radical (unpaired) electrons. The average Bonchev–Trinajstić information content (AvgIpc) is 3.22. The summed E-state index contributed by atoms with van der Waals surface area (Å²) in [5.41, 5.74) is 1.74. The molecule has 0 unspecified atom stereocenters. The van der Waals surface area contributed by atoms with Crippen molar-refractivity contribution in [3.63, 3.8) is 0 Å². The van der Waals surface area contributed by atoms with E-state index in [-0.39, 0.29) is 12.5 Å². The maximum atomic E-state index is 12.8. The number of nitrogens with one attached hydrogen (secondary N) is 2. The van der Waals surface area contributed by atoms with Crippen LogP contribution in [0.1, 0.15) is 16.1 Å². The average molecular weight is 415 g/mol. The number of methoxy groups -OCH3 is 4. The number of carbonyl (C=O) groups is 1. The van der Waals surface area contributed by atoms with Gasteiger partial charge in [0, 0.05) is 36.9 Å².